The van der Waals surface area contributed by atoms with Crippen molar-refractivity contribution in [1.82, 2.24) is 5.59 Å². The fourth-order valence-electron chi connectivity index (χ4n) is 13.1. The smallest absolute Gasteiger partial charge is 0.139 e. The predicted octanol–water partition coefficient (Wildman–Crippen LogP) is 7.62. The van der Waals surface area contributed by atoms with Crippen LogP contribution >= 0.6 is 0 Å². The zero-order chi connectivity index (χ0) is 33.1. The maximum atomic E-state index is 12.4. The van der Waals surface area contributed by atoms with E-state index in [4.69, 9.17) is 11.0 Å². The van der Waals surface area contributed by atoms with Crippen molar-refractivity contribution in [1.29, 1.82) is 0 Å². The van der Waals surface area contributed by atoms with Crippen molar-refractivity contribution in [2.45, 2.75) is 157 Å². The van der Waals surface area contributed by atoms with Crippen LogP contribution in [0.1, 0.15) is 145 Å². The van der Waals surface area contributed by atoms with Crippen LogP contribution in [0.25, 0.3) is 0 Å². The topological polar surface area (TPSA) is 154 Å². The molecule has 0 bridgehead atoms. The molecule has 0 aromatic heterocycles. The van der Waals surface area contributed by atoms with Gasteiger partial charge in [0.05, 0.1) is 12.2 Å². The van der Waals surface area contributed by atoms with Crippen LogP contribution in [0.2, 0.25) is 0 Å². The van der Waals surface area contributed by atoms with E-state index in [1.807, 2.05) is 0 Å². The first-order chi connectivity index (χ1) is 21.9. The molecule has 6 unspecified atom stereocenters. The van der Waals surface area contributed by atoms with E-state index in [9.17, 15) is 15.0 Å². The molecule has 6 fully saturated rings. The summed E-state index contributed by atoms with van der Waals surface area (Å²) in [6.07, 6.45) is 22.3. The number of carbonyl (C=O) groups is 1. The normalized spacial score (nSPS) is 47.6. The third-order valence-corrected chi connectivity index (χ3v) is 15.8. The third-order valence-electron chi connectivity index (χ3n) is 15.8. The highest BCUT2D eigenvalue weighted by atomic mass is 16.5. The SMILES string of the molecule is C.C.C[C@]12CC[C@H](O)CC1=CCC1C2CC[C@]2(C)/C(=N/N)CCC12.C[C@]12CC[C@H](O)CC1=CCC1C2CC[C@]2(C)C(=O)CCC12.NNO. The number of fused-ring (bicyclic) bond motifs is 10. The summed E-state index contributed by atoms with van der Waals surface area (Å²) in [6, 6.07) is 0. The molecule has 0 aromatic carbocycles. The van der Waals surface area contributed by atoms with E-state index in [2.05, 4.69) is 50.8 Å². The van der Waals surface area contributed by atoms with Gasteiger partial charge in [0, 0.05) is 23.0 Å². The number of carbonyl (C=O) groups excluding carboxylic acids is 1. The highest BCUT2D eigenvalue weighted by molar-refractivity contribution is 5.92. The number of aliphatic hydroxyl groups is 2. The number of hydrogen-bond donors (Lipinski definition) is 6. The van der Waals surface area contributed by atoms with Gasteiger partial charge in [0.15, 0.2) is 0 Å². The summed E-state index contributed by atoms with van der Waals surface area (Å²) in [5.41, 5.74) is 6.48. The van der Waals surface area contributed by atoms with E-state index in [-0.39, 0.29) is 37.9 Å². The van der Waals surface area contributed by atoms with Crippen LogP contribution in [-0.4, -0.2) is 39.1 Å². The van der Waals surface area contributed by atoms with Crippen molar-refractivity contribution < 1.29 is 20.2 Å². The third kappa shape index (κ3) is 6.18. The molecule has 8 rings (SSSR count). The monoisotopic (exact) mass is 671 g/mol. The van der Waals surface area contributed by atoms with Gasteiger partial charge in [0.25, 0.3) is 0 Å². The first-order valence-electron chi connectivity index (χ1n) is 18.5. The van der Waals surface area contributed by atoms with Crippen LogP contribution in [0.3, 0.4) is 0 Å². The van der Waals surface area contributed by atoms with Crippen molar-refractivity contribution in [3.05, 3.63) is 23.3 Å². The van der Waals surface area contributed by atoms with Gasteiger partial charge in [0.2, 0.25) is 0 Å². The number of nitrogens with one attached hydrogen (secondary N) is 1. The van der Waals surface area contributed by atoms with Crippen LogP contribution in [0.15, 0.2) is 28.4 Å². The fourth-order valence-corrected chi connectivity index (χ4v) is 13.1. The number of allylic oxidation sites excluding steroid dienone is 2. The number of ketones is 1. The minimum absolute atomic E-state index is 0. The van der Waals surface area contributed by atoms with E-state index in [0.717, 1.165) is 87.9 Å². The van der Waals surface area contributed by atoms with E-state index < -0.39 is 0 Å². The van der Waals surface area contributed by atoms with Gasteiger partial charge in [-0.05, 0) is 143 Å². The van der Waals surface area contributed by atoms with Crippen molar-refractivity contribution in [2.75, 3.05) is 0 Å². The Morgan fingerprint density at radius 3 is 1.56 bits per heavy atom. The van der Waals surface area contributed by atoms with Gasteiger partial charge in [-0.25, -0.2) is 5.84 Å². The highest BCUT2D eigenvalue weighted by Gasteiger charge is 2.59. The number of aliphatic hydroxyl groups excluding tert-OH is 2. The Labute approximate surface area is 291 Å². The molecule has 0 aliphatic heterocycles. The molecule has 0 amide bonds. The Morgan fingerprint density at radius 2 is 1.08 bits per heavy atom. The molecule has 8 aliphatic carbocycles. The summed E-state index contributed by atoms with van der Waals surface area (Å²) in [5.74, 6) is 14.8. The minimum atomic E-state index is -0.122. The van der Waals surface area contributed by atoms with Crippen molar-refractivity contribution in [3.8, 4) is 0 Å². The van der Waals surface area contributed by atoms with Gasteiger partial charge in [-0.3, -0.25) is 4.79 Å². The molecule has 8 nitrogen and oxygen atoms in total. The number of hydrogen-bond acceptors (Lipinski definition) is 8. The van der Waals surface area contributed by atoms with Crippen molar-refractivity contribution in [2.24, 2.45) is 74.0 Å². The molecule has 8 aliphatic rings. The average Bonchev–Trinajstić information content (AvgIpc) is 3.53. The van der Waals surface area contributed by atoms with Crippen LogP contribution in [-0.2, 0) is 4.79 Å². The molecule has 274 valence electrons. The second-order valence-electron chi connectivity index (χ2n) is 17.4. The Balaban J connectivity index is 0.000000193. The summed E-state index contributed by atoms with van der Waals surface area (Å²) in [7, 11) is 0. The standard InChI is InChI=1S/C19H30N2O.C19H28O2.2CH4.H4N2O/c1-18-9-7-13(22)11-12(18)3-4-14-15-5-6-17(21-20)19(15,2)10-8-16(14)18;1-18-9-7-13(20)11-12(18)3-4-14-15-5-6-17(21)19(15,2)10-8-16(14)18;;;1-2-3/h3,13-16,22H,4-11,20H2,1-2H3;3,13-16,20H,4-11H2,1-2H3;2*1H4;2-3H,1H2/b21-17+;;;;/t2*13-,14?,15?,16?,18-,19-;;;/m00.../s1. The number of rotatable bonds is 0. The molecule has 48 heavy (non-hydrogen) atoms. The molecular formula is C40H70N4O4. The summed E-state index contributed by atoms with van der Waals surface area (Å²) in [6.45, 7) is 9.59. The molecule has 0 aromatic rings. The summed E-state index contributed by atoms with van der Waals surface area (Å²) >= 11 is 0. The van der Waals surface area contributed by atoms with E-state index in [0.29, 0.717) is 28.4 Å². The number of nitrogens with two attached hydrogens (primary N) is 2. The molecule has 0 radical (unpaired) electrons. The summed E-state index contributed by atoms with van der Waals surface area (Å²) in [5, 5.41) is 31.3. The van der Waals surface area contributed by atoms with E-state index in [1.54, 1.807) is 5.57 Å². The van der Waals surface area contributed by atoms with Crippen LogP contribution < -0.4 is 17.3 Å². The molecule has 0 spiro atoms. The number of nitrogens with zero attached hydrogens (tertiary/aromatic N) is 1. The van der Waals surface area contributed by atoms with Gasteiger partial charge in [-0.1, -0.05) is 65.8 Å². The maximum Gasteiger partial charge on any atom is 0.139 e. The predicted molar refractivity (Wildman–Crippen MR) is 195 cm³/mol. The molecule has 0 heterocycles. The first kappa shape index (κ1) is 39.2. The lowest BCUT2D eigenvalue weighted by molar-refractivity contribution is -0.132. The Bertz CT molecular complexity index is 1270. The average molecular weight is 671 g/mol. The Hall–Kier alpha value is -1.58. The van der Waals surface area contributed by atoms with Crippen molar-refractivity contribution in [3.63, 3.8) is 0 Å². The zero-order valence-electron chi connectivity index (χ0n) is 28.9. The molecular weight excluding hydrogens is 600 g/mol. The van der Waals surface area contributed by atoms with Crippen molar-refractivity contribution >= 4 is 11.5 Å². The van der Waals surface area contributed by atoms with Gasteiger partial charge in [-0.15, -0.1) is 5.59 Å². The van der Waals surface area contributed by atoms with Gasteiger partial charge in [-0.2, -0.15) is 5.10 Å². The second kappa shape index (κ2) is 14.6. The lowest BCUT2D eigenvalue weighted by Crippen LogP contribution is -2.50. The first-order valence-corrected chi connectivity index (χ1v) is 18.5. The number of Topliss-reactive ketones (excluding diaryl/α,β-unsaturated/α-hetero) is 1. The summed E-state index contributed by atoms with van der Waals surface area (Å²) < 4.78 is 0. The van der Waals surface area contributed by atoms with Gasteiger partial charge >= 0.3 is 0 Å². The summed E-state index contributed by atoms with van der Waals surface area (Å²) in [4.78, 5) is 12.4. The Morgan fingerprint density at radius 1 is 0.688 bits per heavy atom. The van der Waals surface area contributed by atoms with Crippen LogP contribution in [0.5, 0.6) is 0 Å². The number of hydrazone groups is 1. The molecule has 0 saturated heterocycles. The Kier molecular flexibility index (Phi) is 11.9. The van der Waals surface area contributed by atoms with Gasteiger partial charge < -0.3 is 21.3 Å². The second-order valence-corrected chi connectivity index (χ2v) is 17.4. The van der Waals surface area contributed by atoms with E-state index >= 15 is 0 Å². The number of hydrazine groups is 1. The zero-order valence-corrected chi connectivity index (χ0v) is 28.9. The van der Waals surface area contributed by atoms with Gasteiger partial charge in [0.1, 0.15) is 5.78 Å². The maximum absolute atomic E-state index is 12.4. The largest absolute Gasteiger partial charge is 0.393 e. The molecule has 12 atom stereocenters. The lowest BCUT2D eigenvalue weighted by Gasteiger charge is -2.57. The van der Waals surface area contributed by atoms with Crippen LogP contribution in [0.4, 0.5) is 0 Å². The quantitative estimate of drug-likeness (QED) is 0.0880. The molecule has 6 saturated carbocycles. The molecule has 8 N–H and O–H groups in total. The highest BCUT2D eigenvalue weighted by Crippen LogP contribution is 2.65. The van der Waals surface area contributed by atoms with E-state index in [1.165, 1.54) is 55.4 Å². The van der Waals surface area contributed by atoms with Crippen LogP contribution in [0, 0.1) is 57.2 Å². The molecule has 8 heteroatoms. The minimum Gasteiger partial charge on any atom is -0.393 e. The fraction of sp³-hybridized carbons (Fsp3) is 0.850. The lowest BCUT2D eigenvalue weighted by atomic mass is 9.48.